The summed E-state index contributed by atoms with van der Waals surface area (Å²) in [7, 11) is -3.68. The van der Waals surface area contributed by atoms with Crippen LogP contribution in [0, 0.1) is 0 Å². The molecule has 0 spiro atoms. The molecule has 0 saturated heterocycles. The quantitative estimate of drug-likeness (QED) is 0.808. The van der Waals surface area contributed by atoms with Crippen LogP contribution in [0.2, 0.25) is 5.02 Å². The predicted molar refractivity (Wildman–Crippen MR) is 96.9 cm³/mol. The number of nitrogens with two attached hydrogens (primary N) is 1. The number of primary sulfonamides is 1. The number of hydrogen-bond acceptors (Lipinski definition) is 3. The van der Waals surface area contributed by atoms with Gasteiger partial charge in [-0.1, -0.05) is 35.9 Å². The van der Waals surface area contributed by atoms with Gasteiger partial charge in [0.2, 0.25) is 15.9 Å². The zero-order chi connectivity index (χ0) is 18.1. The number of carbonyl (C=O) groups excluding carboxylic acids is 1. The van der Waals surface area contributed by atoms with E-state index in [-0.39, 0.29) is 10.8 Å². The van der Waals surface area contributed by atoms with Crippen LogP contribution in [-0.4, -0.2) is 20.9 Å². The Morgan fingerprint density at radius 1 is 1.08 bits per heavy atom. The van der Waals surface area contributed by atoms with Crippen molar-refractivity contribution in [1.29, 1.82) is 0 Å². The van der Waals surface area contributed by atoms with E-state index in [9.17, 15) is 13.2 Å². The molecule has 2 aromatic carbocycles. The Bertz CT molecular complexity index is 874. The van der Waals surface area contributed by atoms with Crippen LogP contribution in [-0.2, 0) is 26.7 Å². The van der Waals surface area contributed by atoms with E-state index in [1.54, 1.807) is 24.3 Å². The van der Waals surface area contributed by atoms with Crippen LogP contribution in [0.25, 0.3) is 0 Å². The molecule has 25 heavy (non-hydrogen) atoms. The molecule has 0 heterocycles. The fraction of sp³-hybridized carbons (Fsp3) is 0.278. The minimum Gasteiger partial charge on any atom is -0.355 e. The molecule has 0 aliphatic heterocycles. The molecule has 132 valence electrons. The molecule has 3 N–H and O–H groups in total. The molecule has 0 bridgehead atoms. The molecule has 1 aliphatic rings. The molecule has 1 saturated carbocycles. The van der Waals surface area contributed by atoms with E-state index in [4.69, 9.17) is 16.7 Å². The van der Waals surface area contributed by atoms with E-state index in [0.29, 0.717) is 18.0 Å². The van der Waals surface area contributed by atoms with Gasteiger partial charge < -0.3 is 5.32 Å². The summed E-state index contributed by atoms with van der Waals surface area (Å²) < 4.78 is 22.5. The lowest BCUT2D eigenvalue weighted by Crippen LogP contribution is -2.35. The highest BCUT2D eigenvalue weighted by atomic mass is 35.5. The van der Waals surface area contributed by atoms with Crippen molar-refractivity contribution >= 4 is 27.5 Å². The molecule has 5 nitrogen and oxygen atoms in total. The minimum atomic E-state index is -3.68. The maximum atomic E-state index is 12.5. The number of rotatable bonds is 6. The van der Waals surface area contributed by atoms with Gasteiger partial charge in [0.15, 0.2) is 0 Å². The lowest BCUT2D eigenvalue weighted by molar-refractivity contribution is -0.123. The van der Waals surface area contributed by atoms with Crippen LogP contribution >= 0.6 is 11.6 Å². The van der Waals surface area contributed by atoms with Crippen LogP contribution in [0.15, 0.2) is 53.4 Å². The SMILES string of the molecule is NS(=O)(=O)c1ccc(CCNC(=O)C2(c3ccc(Cl)cc3)CC2)cc1. The highest BCUT2D eigenvalue weighted by Gasteiger charge is 2.50. The Morgan fingerprint density at radius 3 is 2.20 bits per heavy atom. The summed E-state index contributed by atoms with van der Waals surface area (Å²) in [6, 6.07) is 13.8. The fourth-order valence-electron chi connectivity index (χ4n) is 2.88. The van der Waals surface area contributed by atoms with Gasteiger partial charge in [0.1, 0.15) is 0 Å². The van der Waals surface area contributed by atoms with Crippen molar-refractivity contribution in [3.63, 3.8) is 0 Å². The molecule has 0 atom stereocenters. The van der Waals surface area contributed by atoms with E-state index < -0.39 is 15.4 Å². The molecule has 0 aromatic heterocycles. The second kappa shape index (κ2) is 6.78. The summed E-state index contributed by atoms with van der Waals surface area (Å²) in [4.78, 5) is 12.6. The summed E-state index contributed by atoms with van der Waals surface area (Å²) in [5.41, 5.74) is 1.50. The van der Waals surface area contributed by atoms with Crippen LogP contribution in [0.4, 0.5) is 0 Å². The third kappa shape index (κ3) is 4.03. The number of carbonyl (C=O) groups is 1. The van der Waals surface area contributed by atoms with Gasteiger partial charge in [-0.2, -0.15) is 0 Å². The number of amides is 1. The zero-order valence-corrected chi connectivity index (χ0v) is 15.1. The molecule has 1 fully saturated rings. The standard InChI is InChI=1S/C18H19ClN2O3S/c19-15-5-3-14(4-6-15)18(10-11-18)17(22)21-12-9-13-1-7-16(8-2-13)25(20,23)24/h1-8H,9-12H2,(H,21,22)(H2,20,23,24). The number of sulfonamides is 1. The average Bonchev–Trinajstić information content (AvgIpc) is 3.37. The minimum absolute atomic E-state index is 0.0241. The van der Waals surface area contributed by atoms with Crippen molar-refractivity contribution < 1.29 is 13.2 Å². The number of hydrogen-bond donors (Lipinski definition) is 2. The van der Waals surface area contributed by atoms with Crippen molar-refractivity contribution in [2.45, 2.75) is 29.6 Å². The Balaban J connectivity index is 1.57. The zero-order valence-electron chi connectivity index (χ0n) is 13.5. The summed E-state index contributed by atoms with van der Waals surface area (Å²) in [6.45, 7) is 0.489. The van der Waals surface area contributed by atoms with Crippen LogP contribution < -0.4 is 10.5 Å². The summed E-state index contributed by atoms with van der Waals surface area (Å²) in [5, 5.41) is 8.71. The van der Waals surface area contributed by atoms with Crippen molar-refractivity contribution in [3.05, 3.63) is 64.7 Å². The third-order valence-electron chi connectivity index (χ3n) is 4.53. The summed E-state index contributed by atoms with van der Waals surface area (Å²) in [5.74, 6) is 0.0241. The van der Waals surface area contributed by atoms with Gasteiger partial charge in [0.25, 0.3) is 0 Å². The average molecular weight is 379 g/mol. The third-order valence-corrected chi connectivity index (χ3v) is 5.71. The smallest absolute Gasteiger partial charge is 0.238 e. The summed E-state index contributed by atoms with van der Waals surface area (Å²) in [6.07, 6.45) is 2.29. The lowest BCUT2D eigenvalue weighted by atomic mass is 9.95. The molecule has 1 amide bonds. The van der Waals surface area contributed by atoms with E-state index in [1.165, 1.54) is 12.1 Å². The molecule has 3 rings (SSSR count). The number of nitrogens with one attached hydrogen (secondary N) is 1. The first kappa shape index (κ1) is 17.9. The fourth-order valence-corrected chi connectivity index (χ4v) is 3.52. The van der Waals surface area contributed by atoms with Crippen molar-refractivity contribution in [3.8, 4) is 0 Å². The first-order valence-electron chi connectivity index (χ1n) is 7.97. The molecular weight excluding hydrogens is 360 g/mol. The first-order chi connectivity index (χ1) is 11.8. The Labute approximate surface area is 152 Å². The van der Waals surface area contributed by atoms with Gasteiger partial charge in [0, 0.05) is 11.6 Å². The van der Waals surface area contributed by atoms with Crippen molar-refractivity contribution in [2.75, 3.05) is 6.54 Å². The van der Waals surface area contributed by atoms with Gasteiger partial charge in [-0.25, -0.2) is 13.6 Å². The molecule has 0 unspecified atom stereocenters. The van der Waals surface area contributed by atoms with Crippen LogP contribution in [0.3, 0.4) is 0 Å². The van der Waals surface area contributed by atoms with Crippen molar-refractivity contribution in [2.24, 2.45) is 5.14 Å². The monoisotopic (exact) mass is 378 g/mol. The molecular formula is C18H19ClN2O3S. The Kier molecular flexibility index (Phi) is 4.86. The number of benzene rings is 2. The Morgan fingerprint density at radius 2 is 1.68 bits per heavy atom. The molecule has 7 heteroatoms. The van der Waals surface area contributed by atoms with E-state index in [2.05, 4.69) is 5.32 Å². The lowest BCUT2D eigenvalue weighted by Gasteiger charge is -2.16. The highest BCUT2D eigenvalue weighted by molar-refractivity contribution is 7.89. The molecule has 2 aromatic rings. The second-order valence-corrected chi connectivity index (χ2v) is 8.28. The van der Waals surface area contributed by atoms with Gasteiger partial charge in [-0.15, -0.1) is 0 Å². The number of halogens is 1. The predicted octanol–water partition coefficient (Wildman–Crippen LogP) is 2.38. The molecule has 1 aliphatic carbocycles. The van der Waals surface area contributed by atoms with Gasteiger partial charge in [0.05, 0.1) is 10.3 Å². The first-order valence-corrected chi connectivity index (χ1v) is 9.90. The van der Waals surface area contributed by atoms with E-state index >= 15 is 0 Å². The van der Waals surface area contributed by atoms with Gasteiger partial charge >= 0.3 is 0 Å². The van der Waals surface area contributed by atoms with E-state index in [1.807, 2.05) is 12.1 Å². The maximum Gasteiger partial charge on any atom is 0.238 e. The van der Waals surface area contributed by atoms with Crippen molar-refractivity contribution in [1.82, 2.24) is 5.32 Å². The highest BCUT2D eigenvalue weighted by Crippen LogP contribution is 2.48. The summed E-state index contributed by atoms with van der Waals surface area (Å²) >= 11 is 5.91. The maximum absolute atomic E-state index is 12.5. The second-order valence-electron chi connectivity index (χ2n) is 6.28. The normalized spacial score (nSPS) is 15.6. The van der Waals surface area contributed by atoms with Gasteiger partial charge in [-0.05, 0) is 54.7 Å². The van der Waals surface area contributed by atoms with Crippen LogP contribution in [0.1, 0.15) is 24.0 Å². The molecule has 0 radical (unpaired) electrons. The van der Waals surface area contributed by atoms with Crippen LogP contribution in [0.5, 0.6) is 0 Å². The Hall–Kier alpha value is -1.89. The topological polar surface area (TPSA) is 89.3 Å². The largest absolute Gasteiger partial charge is 0.355 e. The van der Waals surface area contributed by atoms with Gasteiger partial charge in [-0.3, -0.25) is 4.79 Å². The van der Waals surface area contributed by atoms with E-state index in [0.717, 1.165) is 24.0 Å².